The minimum absolute atomic E-state index is 0.381. The Hall–Kier alpha value is -3.98. The summed E-state index contributed by atoms with van der Waals surface area (Å²) >= 11 is 0. The number of pyridine rings is 1. The van der Waals surface area contributed by atoms with Crippen LogP contribution >= 0.6 is 0 Å². The Labute approximate surface area is 187 Å². The Balaban J connectivity index is 1.55. The van der Waals surface area contributed by atoms with E-state index in [2.05, 4.69) is 61.2 Å². The lowest BCUT2D eigenvalue weighted by molar-refractivity contribution is -0.130. The molecule has 0 unspecified atom stereocenters. The number of carbonyl (C=O) groups is 1. The normalized spacial score (nSPS) is 13.8. The molecule has 0 saturated carbocycles. The fourth-order valence-corrected chi connectivity index (χ4v) is 4.24. The summed E-state index contributed by atoms with van der Waals surface area (Å²) in [5.74, 6) is 0.104. The number of ether oxygens (including phenoxy) is 1. The predicted octanol–water partition coefficient (Wildman–Crippen LogP) is 6.87. The molecular weight excluding hydrogens is 394 g/mol. The van der Waals surface area contributed by atoms with Crippen molar-refractivity contribution < 1.29 is 9.53 Å². The lowest BCUT2D eigenvalue weighted by Crippen LogP contribution is -2.07. The molecule has 1 heterocycles. The molecule has 0 radical (unpaired) electrons. The van der Waals surface area contributed by atoms with Gasteiger partial charge >= 0.3 is 5.97 Å². The summed E-state index contributed by atoms with van der Waals surface area (Å²) in [7, 11) is 0. The second kappa shape index (κ2) is 8.27. The van der Waals surface area contributed by atoms with E-state index in [-0.39, 0.29) is 0 Å². The first-order chi connectivity index (χ1) is 15.6. The van der Waals surface area contributed by atoms with Crippen LogP contribution in [0.1, 0.15) is 30.2 Å². The van der Waals surface area contributed by atoms with Crippen LogP contribution in [0.3, 0.4) is 0 Å². The number of para-hydroxylation sites is 1. The van der Waals surface area contributed by atoms with Gasteiger partial charge in [-0.25, -0.2) is 9.78 Å². The van der Waals surface area contributed by atoms with Crippen molar-refractivity contribution in [1.29, 1.82) is 0 Å². The van der Waals surface area contributed by atoms with E-state index in [0.717, 1.165) is 29.6 Å². The van der Waals surface area contributed by atoms with Gasteiger partial charge in [-0.3, -0.25) is 0 Å². The van der Waals surface area contributed by atoms with E-state index >= 15 is 0 Å². The number of esters is 1. The molecule has 32 heavy (non-hydrogen) atoms. The summed E-state index contributed by atoms with van der Waals surface area (Å²) in [6.07, 6.45) is 4.11. The number of rotatable bonds is 4. The first-order valence-corrected chi connectivity index (χ1v) is 10.8. The van der Waals surface area contributed by atoms with Crippen LogP contribution in [0.25, 0.3) is 33.7 Å². The molecule has 3 heteroatoms. The smallest absolute Gasteiger partial charge is 0.338 e. The van der Waals surface area contributed by atoms with E-state index in [1.807, 2.05) is 30.3 Å². The van der Waals surface area contributed by atoms with Gasteiger partial charge in [-0.15, -0.1) is 0 Å². The third-order valence-electron chi connectivity index (χ3n) is 5.78. The van der Waals surface area contributed by atoms with E-state index in [1.54, 1.807) is 6.92 Å². The number of benzene rings is 3. The van der Waals surface area contributed by atoms with Crippen molar-refractivity contribution in [3.05, 3.63) is 108 Å². The minimum Gasteiger partial charge on any atom is -0.423 e. The highest BCUT2D eigenvalue weighted by Crippen LogP contribution is 2.42. The standard InChI is InChI=1S/C29H23NO2/c1-19(2)29(31)32-23-15-12-20(13-16-23)18-22-14-17-25-27(21-8-4-3-5-9-21)24-10-6-7-11-26(24)30-28(22)25/h3-13,15-16,18H,1,14,17H2,2H3. The minimum atomic E-state index is -0.412. The van der Waals surface area contributed by atoms with Crippen LogP contribution in [0.4, 0.5) is 0 Å². The molecule has 0 aliphatic heterocycles. The van der Waals surface area contributed by atoms with E-state index in [4.69, 9.17) is 9.72 Å². The number of hydrogen-bond donors (Lipinski definition) is 0. The van der Waals surface area contributed by atoms with Gasteiger partial charge in [0.25, 0.3) is 0 Å². The van der Waals surface area contributed by atoms with Crippen LogP contribution in [0.15, 0.2) is 91.0 Å². The van der Waals surface area contributed by atoms with Crippen molar-refractivity contribution in [1.82, 2.24) is 4.98 Å². The molecule has 0 amide bonds. The maximum Gasteiger partial charge on any atom is 0.338 e. The Morgan fingerprint density at radius 2 is 1.66 bits per heavy atom. The van der Waals surface area contributed by atoms with Crippen molar-refractivity contribution >= 4 is 28.5 Å². The molecule has 0 spiro atoms. The van der Waals surface area contributed by atoms with Crippen LogP contribution in [-0.4, -0.2) is 11.0 Å². The maximum absolute atomic E-state index is 11.7. The maximum atomic E-state index is 11.7. The van der Waals surface area contributed by atoms with Gasteiger partial charge in [0.05, 0.1) is 11.2 Å². The quantitative estimate of drug-likeness (QED) is 0.207. The van der Waals surface area contributed by atoms with E-state index in [9.17, 15) is 4.79 Å². The summed E-state index contributed by atoms with van der Waals surface area (Å²) in [5.41, 5.74) is 8.59. The van der Waals surface area contributed by atoms with E-state index < -0.39 is 5.97 Å². The van der Waals surface area contributed by atoms with E-state index in [1.165, 1.54) is 27.6 Å². The molecule has 3 nitrogen and oxygen atoms in total. The van der Waals surface area contributed by atoms with Crippen LogP contribution in [0, 0.1) is 0 Å². The van der Waals surface area contributed by atoms with Crippen LogP contribution in [-0.2, 0) is 11.2 Å². The SMILES string of the molecule is C=C(C)C(=O)Oc1ccc(C=C2CCc3c2nc2ccccc2c3-c2ccccc2)cc1. The molecule has 0 atom stereocenters. The Bertz CT molecular complexity index is 1370. The lowest BCUT2D eigenvalue weighted by Gasteiger charge is -2.13. The summed E-state index contributed by atoms with van der Waals surface area (Å²) in [6, 6.07) is 26.5. The Morgan fingerprint density at radius 3 is 2.41 bits per heavy atom. The molecule has 1 aliphatic carbocycles. The topological polar surface area (TPSA) is 39.2 Å². The predicted molar refractivity (Wildman–Crippen MR) is 130 cm³/mol. The zero-order valence-electron chi connectivity index (χ0n) is 18.0. The van der Waals surface area contributed by atoms with Crippen LogP contribution < -0.4 is 4.74 Å². The molecule has 0 fully saturated rings. The van der Waals surface area contributed by atoms with Gasteiger partial charge in [-0.1, -0.05) is 67.2 Å². The van der Waals surface area contributed by atoms with Crippen molar-refractivity contribution in [3.63, 3.8) is 0 Å². The molecule has 0 N–H and O–H groups in total. The van der Waals surface area contributed by atoms with Gasteiger partial charge in [0.15, 0.2) is 0 Å². The molecule has 1 aromatic heterocycles. The van der Waals surface area contributed by atoms with Crippen LogP contribution in [0.5, 0.6) is 5.75 Å². The number of carbonyl (C=O) groups excluding carboxylic acids is 1. The Morgan fingerprint density at radius 1 is 0.938 bits per heavy atom. The van der Waals surface area contributed by atoms with Gasteiger partial charge in [-0.2, -0.15) is 0 Å². The van der Waals surface area contributed by atoms with Gasteiger partial charge in [-0.05, 0) is 71.9 Å². The number of hydrogen-bond acceptors (Lipinski definition) is 3. The lowest BCUT2D eigenvalue weighted by atomic mass is 9.94. The second-order valence-electron chi connectivity index (χ2n) is 8.11. The third-order valence-corrected chi connectivity index (χ3v) is 5.78. The van der Waals surface area contributed by atoms with Crippen LogP contribution in [0.2, 0.25) is 0 Å². The van der Waals surface area contributed by atoms with Gasteiger partial charge in [0.2, 0.25) is 0 Å². The monoisotopic (exact) mass is 417 g/mol. The van der Waals surface area contributed by atoms with Crippen molar-refractivity contribution in [2.24, 2.45) is 0 Å². The zero-order chi connectivity index (χ0) is 22.1. The average molecular weight is 418 g/mol. The average Bonchev–Trinajstić information content (AvgIpc) is 3.21. The highest BCUT2D eigenvalue weighted by molar-refractivity contribution is 6.00. The second-order valence-corrected chi connectivity index (χ2v) is 8.11. The number of nitrogens with zero attached hydrogens (tertiary/aromatic N) is 1. The van der Waals surface area contributed by atoms with Crippen molar-refractivity contribution in [3.8, 4) is 16.9 Å². The number of fused-ring (bicyclic) bond motifs is 2. The highest BCUT2D eigenvalue weighted by Gasteiger charge is 2.24. The van der Waals surface area contributed by atoms with Crippen molar-refractivity contribution in [2.75, 3.05) is 0 Å². The molecule has 0 bridgehead atoms. The molecule has 0 saturated heterocycles. The first kappa shape index (κ1) is 20.0. The third kappa shape index (κ3) is 3.74. The summed E-state index contributed by atoms with van der Waals surface area (Å²) in [5, 5.41) is 1.20. The summed E-state index contributed by atoms with van der Waals surface area (Å²) in [6.45, 7) is 5.26. The summed E-state index contributed by atoms with van der Waals surface area (Å²) < 4.78 is 5.30. The van der Waals surface area contributed by atoms with Gasteiger partial charge < -0.3 is 4.74 Å². The molecule has 1 aliphatic rings. The van der Waals surface area contributed by atoms with E-state index in [0.29, 0.717) is 11.3 Å². The van der Waals surface area contributed by atoms with Gasteiger partial charge in [0, 0.05) is 11.0 Å². The number of allylic oxidation sites excluding steroid dienone is 1. The van der Waals surface area contributed by atoms with Crippen molar-refractivity contribution in [2.45, 2.75) is 19.8 Å². The zero-order valence-corrected chi connectivity index (χ0v) is 18.0. The molecule has 4 aromatic rings. The molecular formula is C29H23NO2. The fourth-order valence-electron chi connectivity index (χ4n) is 4.24. The molecule has 3 aromatic carbocycles. The number of aromatic nitrogens is 1. The molecule has 5 rings (SSSR count). The highest BCUT2D eigenvalue weighted by atomic mass is 16.5. The van der Waals surface area contributed by atoms with Gasteiger partial charge in [0.1, 0.15) is 5.75 Å². The largest absolute Gasteiger partial charge is 0.423 e. The summed E-state index contributed by atoms with van der Waals surface area (Å²) in [4.78, 5) is 16.8. The molecule has 156 valence electrons. The Kier molecular flexibility index (Phi) is 5.16. The fraction of sp³-hybridized carbons (Fsp3) is 0.103. The first-order valence-electron chi connectivity index (χ1n) is 10.8.